The zero-order chi connectivity index (χ0) is 21.0. The molecule has 0 aliphatic rings. The van der Waals surface area contributed by atoms with Gasteiger partial charge in [0.2, 0.25) is 5.91 Å². The molecule has 0 fully saturated rings. The number of benzene rings is 2. The number of hydrogen-bond acceptors (Lipinski definition) is 3. The lowest BCUT2D eigenvalue weighted by atomic mass is 9.98. The standard InChI is InChI=1S/C24H23N3O2/c1-4-18-10-12-19(13-11-18)26-24(29)22(15-25)23(28)21-14-16(2)27(17(21)3)20-8-6-5-7-9-20/h5-14,22H,4H2,1-3H3,(H,26,29). The number of Topliss-reactive ketones (excluding diaryl/α,β-unsaturated/α-hetero) is 1. The maximum atomic E-state index is 13.0. The third kappa shape index (κ3) is 4.12. The second-order valence-corrected chi connectivity index (χ2v) is 6.92. The Morgan fingerprint density at radius 3 is 2.31 bits per heavy atom. The molecule has 0 aliphatic carbocycles. The molecular formula is C24H23N3O2. The normalized spacial score (nSPS) is 11.5. The van der Waals surface area contributed by atoms with Crippen molar-refractivity contribution in [1.29, 1.82) is 5.26 Å². The van der Waals surface area contributed by atoms with Gasteiger partial charge in [0.25, 0.3) is 0 Å². The molecule has 0 aliphatic heterocycles. The van der Waals surface area contributed by atoms with Crippen molar-refractivity contribution in [2.75, 3.05) is 5.32 Å². The molecule has 0 radical (unpaired) electrons. The largest absolute Gasteiger partial charge is 0.325 e. The van der Waals surface area contributed by atoms with Gasteiger partial charge in [-0.1, -0.05) is 37.3 Å². The van der Waals surface area contributed by atoms with Crippen molar-refractivity contribution in [3.63, 3.8) is 0 Å². The Balaban J connectivity index is 1.86. The van der Waals surface area contributed by atoms with E-state index in [0.717, 1.165) is 23.4 Å². The molecule has 5 nitrogen and oxygen atoms in total. The molecular weight excluding hydrogens is 362 g/mol. The molecule has 1 unspecified atom stereocenters. The highest BCUT2D eigenvalue weighted by atomic mass is 16.2. The van der Waals surface area contributed by atoms with Crippen molar-refractivity contribution >= 4 is 17.4 Å². The van der Waals surface area contributed by atoms with Crippen LogP contribution in [0.2, 0.25) is 0 Å². The van der Waals surface area contributed by atoms with E-state index < -0.39 is 17.6 Å². The smallest absolute Gasteiger partial charge is 0.249 e. The number of amides is 1. The van der Waals surface area contributed by atoms with E-state index in [2.05, 4.69) is 5.32 Å². The third-order valence-corrected chi connectivity index (χ3v) is 4.99. The molecule has 1 N–H and O–H groups in total. The number of nitriles is 1. The van der Waals surface area contributed by atoms with Crippen molar-refractivity contribution in [3.8, 4) is 11.8 Å². The Hall–Kier alpha value is -3.65. The quantitative estimate of drug-likeness (QED) is 0.497. The van der Waals surface area contributed by atoms with Gasteiger partial charge >= 0.3 is 0 Å². The maximum absolute atomic E-state index is 13.0. The first kappa shape index (κ1) is 20.1. The van der Waals surface area contributed by atoms with E-state index in [-0.39, 0.29) is 0 Å². The summed E-state index contributed by atoms with van der Waals surface area (Å²) in [7, 11) is 0. The van der Waals surface area contributed by atoms with Gasteiger partial charge in [0.15, 0.2) is 11.7 Å². The van der Waals surface area contributed by atoms with Crippen LogP contribution in [0, 0.1) is 31.1 Å². The summed E-state index contributed by atoms with van der Waals surface area (Å²) in [6.07, 6.45) is 0.893. The molecule has 29 heavy (non-hydrogen) atoms. The molecule has 2 aromatic carbocycles. The Morgan fingerprint density at radius 2 is 1.72 bits per heavy atom. The van der Waals surface area contributed by atoms with E-state index in [1.54, 1.807) is 18.2 Å². The van der Waals surface area contributed by atoms with Crippen LogP contribution in [0.3, 0.4) is 0 Å². The molecule has 0 saturated heterocycles. The summed E-state index contributed by atoms with van der Waals surface area (Å²) in [6.45, 7) is 5.76. The van der Waals surface area contributed by atoms with Gasteiger partial charge < -0.3 is 9.88 Å². The number of carbonyl (C=O) groups is 2. The number of para-hydroxylation sites is 1. The molecule has 1 amide bonds. The van der Waals surface area contributed by atoms with Crippen LogP contribution in [0.4, 0.5) is 5.69 Å². The molecule has 1 aromatic heterocycles. The minimum absolute atomic E-state index is 0.384. The number of anilines is 1. The first-order chi connectivity index (χ1) is 14.0. The van der Waals surface area contributed by atoms with Gasteiger partial charge in [-0.05, 0) is 56.2 Å². The van der Waals surface area contributed by atoms with E-state index >= 15 is 0 Å². The SMILES string of the molecule is CCc1ccc(NC(=O)C(C#N)C(=O)c2cc(C)n(-c3ccccc3)c2C)cc1. The van der Waals surface area contributed by atoms with Crippen molar-refractivity contribution in [3.05, 3.63) is 83.2 Å². The zero-order valence-electron chi connectivity index (χ0n) is 16.8. The van der Waals surface area contributed by atoms with Crippen molar-refractivity contribution in [2.24, 2.45) is 5.92 Å². The van der Waals surface area contributed by atoms with Crippen LogP contribution in [0.1, 0.15) is 34.2 Å². The van der Waals surface area contributed by atoms with E-state index in [0.29, 0.717) is 16.9 Å². The second-order valence-electron chi connectivity index (χ2n) is 6.92. The molecule has 0 bridgehead atoms. The van der Waals surface area contributed by atoms with Crippen molar-refractivity contribution < 1.29 is 9.59 Å². The molecule has 3 rings (SSSR count). The zero-order valence-corrected chi connectivity index (χ0v) is 16.8. The fourth-order valence-corrected chi connectivity index (χ4v) is 3.42. The molecule has 3 aromatic rings. The van der Waals surface area contributed by atoms with Gasteiger partial charge in [0, 0.05) is 28.3 Å². The van der Waals surface area contributed by atoms with Crippen LogP contribution in [-0.2, 0) is 11.2 Å². The lowest BCUT2D eigenvalue weighted by Crippen LogP contribution is -2.29. The van der Waals surface area contributed by atoms with E-state index in [9.17, 15) is 14.9 Å². The van der Waals surface area contributed by atoms with E-state index in [4.69, 9.17) is 0 Å². The Bertz CT molecular complexity index is 1070. The fraction of sp³-hybridized carbons (Fsp3) is 0.208. The average Bonchev–Trinajstić information content (AvgIpc) is 3.03. The summed E-state index contributed by atoms with van der Waals surface area (Å²) in [5.41, 5.74) is 4.59. The summed E-state index contributed by atoms with van der Waals surface area (Å²) in [5.74, 6) is -2.53. The summed E-state index contributed by atoms with van der Waals surface area (Å²) >= 11 is 0. The number of hydrogen-bond donors (Lipinski definition) is 1. The van der Waals surface area contributed by atoms with Crippen LogP contribution in [0.25, 0.3) is 5.69 Å². The maximum Gasteiger partial charge on any atom is 0.249 e. The minimum Gasteiger partial charge on any atom is -0.325 e. The van der Waals surface area contributed by atoms with E-state index in [1.165, 1.54) is 0 Å². The number of carbonyl (C=O) groups excluding carboxylic acids is 2. The highest BCUT2D eigenvalue weighted by molar-refractivity contribution is 6.16. The monoisotopic (exact) mass is 385 g/mol. The number of rotatable bonds is 6. The Labute approximate surface area is 170 Å². The number of nitrogens with one attached hydrogen (secondary N) is 1. The Morgan fingerprint density at radius 1 is 1.07 bits per heavy atom. The lowest BCUT2D eigenvalue weighted by Gasteiger charge is -2.12. The molecule has 1 heterocycles. The van der Waals surface area contributed by atoms with Gasteiger partial charge in [0.1, 0.15) is 0 Å². The topological polar surface area (TPSA) is 74.9 Å². The van der Waals surface area contributed by atoms with Gasteiger partial charge in [-0.15, -0.1) is 0 Å². The minimum atomic E-state index is -1.41. The average molecular weight is 385 g/mol. The summed E-state index contributed by atoms with van der Waals surface area (Å²) in [6, 6.07) is 20.6. The van der Waals surface area contributed by atoms with Crippen LogP contribution in [-0.4, -0.2) is 16.3 Å². The second kappa shape index (κ2) is 8.57. The highest BCUT2D eigenvalue weighted by Crippen LogP contribution is 2.23. The van der Waals surface area contributed by atoms with Gasteiger partial charge in [0.05, 0.1) is 6.07 Å². The number of nitrogens with zero attached hydrogens (tertiary/aromatic N) is 2. The van der Waals surface area contributed by atoms with Crippen molar-refractivity contribution in [2.45, 2.75) is 27.2 Å². The van der Waals surface area contributed by atoms with Crippen LogP contribution in [0.5, 0.6) is 0 Å². The van der Waals surface area contributed by atoms with Crippen molar-refractivity contribution in [1.82, 2.24) is 4.57 Å². The fourth-order valence-electron chi connectivity index (χ4n) is 3.42. The lowest BCUT2D eigenvalue weighted by molar-refractivity contribution is -0.117. The molecule has 0 saturated carbocycles. The highest BCUT2D eigenvalue weighted by Gasteiger charge is 2.30. The van der Waals surface area contributed by atoms with Crippen LogP contribution < -0.4 is 5.32 Å². The van der Waals surface area contributed by atoms with Crippen LogP contribution in [0.15, 0.2) is 60.7 Å². The summed E-state index contributed by atoms with van der Waals surface area (Å²) in [5, 5.41) is 12.2. The number of aromatic nitrogens is 1. The summed E-state index contributed by atoms with van der Waals surface area (Å²) < 4.78 is 1.95. The Kier molecular flexibility index (Phi) is 5.94. The van der Waals surface area contributed by atoms with Gasteiger partial charge in [-0.25, -0.2) is 0 Å². The van der Waals surface area contributed by atoms with Crippen LogP contribution >= 0.6 is 0 Å². The number of aryl methyl sites for hydroxylation is 2. The van der Waals surface area contributed by atoms with E-state index in [1.807, 2.05) is 73.9 Å². The molecule has 1 atom stereocenters. The predicted octanol–water partition coefficient (Wildman–Crippen LogP) is 4.62. The third-order valence-electron chi connectivity index (χ3n) is 4.99. The first-order valence-corrected chi connectivity index (χ1v) is 9.54. The van der Waals surface area contributed by atoms with Gasteiger partial charge in [-0.3, -0.25) is 9.59 Å². The molecule has 5 heteroatoms. The number of ketones is 1. The predicted molar refractivity (Wildman–Crippen MR) is 113 cm³/mol. The summed E-state index contributed by atoms with van der Waals surface area (Å²) in [4.78, 5) is 25.7. The molecule has 0 spiro atoms. The molecule has 146 valence electrons. The van der Waals surface area contributed by atoms with Gasteiger partial charge in [-0.2, -0.15) is 5.26 Å². The first-order valence-electron chi connectivity index (χ1n) is 9.54.